The first-order chi connectivity index (χ1) is 8.69. The van der Waals surface area contributed by atoms with E-state index in [1.807, 2.05) is 13.1 Å². The van der Waals surface area contributed by atoms with E-state index in [-0.39, 0.29) is 10.8 Å². The van der Waals surface area contributed by atoms with Gasteiger partial charge >= 0.3 is 0 Å². The molecule has 0 spiro atoms. The van der Waals surface area contributed by atoms with Crippen LogP contribution in [0, 0.1) is 11.7 Å². The summed E-state index contributed by atoms with van der Waals surface area (Å²) in [4.78, 5) is 0. The molecular formula is C15H21ClFN. The van der Waals surface area contributed by atoms with E-state index in [4.69, 9.17) is 11.6 Å². The van der Waals surface area contributed by atoms with Gasteiger partial charge in [0.15, 0.2) is 0 Å². The molecule has 0 heterocycles. The van der Waals surface area contributed by atoms with E-state index in [2.05, 4.69) is 5.32 Å². The molecule has 0 bridgehead atoms. The fourth-order valence-electron chi connectivity index (χ4n) is 2.91. The summed E-state index contributed by atoms with van der Waals surface area (Å²) in [7, 11) is 2.04. The molecule has 1 saturated carbocycles. The highest BCUT2D eigenvalue weighted by Gasteiger charge is 2.19. The molecule has 100 valence electrons. The van der Waals surface area contributed by atoms with E-state index < -0.39 is 0 Å². The van der Waals surface area contributed by atoms with E-state index in [9.17, 15) is 4.39 Å². The molecule has 1 fully saturated rings. The van der Waals surface area contributed by atoms with Gasteiger partial charge in [-0.2, -0.15) is 0 Å². The van der Waals surface area contributed by atoms with Gasteiger partial charge in [-0.05, 0) is 49.9 Å². The predicted molar refractivity (Wildman–Crippen MR) is 74.5 cm³/mol. The second kappa shape index (κ2) is 6.53. The smallest absolute Gasteiger partial charge is 0.142 e. The maximum absolute atomic E-state index is 13.4. The topological polar surface area (TPSA) is 12.0 Å². The molecule has 1 N–H and O–H groups in total. The van der Waals surface area contributed by atoms with Crippen molar-refractivity contribution in [2.75, 3.05) is 7.05 Å². The van der Waals surface area contributed by atoms with Crippen LogP contribution in [0.15, 0.2) is 18.2 Å². The molecule has 0 saturated heterocycles. The molecule has 0 amide bonds. The molecule has 0 aromatic heterocycles. The Hall–Kier alpha value is -0.600. The normalized spacial score (nSPS) is 24.8. The first-order valence-electron chi connectivity index (χ1n) is 6.80. The SMILES string of the molecule is CNC1CCCCC(Cc2ccc(Cl)c(F)c2)C1. The van der Waals surface area contributed by atoms with Gasteiger partial charge in [0.1, 0.15) is 5.82 Å². The summed E-state index contributed by atoms with van der Waals surface area (Å²) in [5.41, 5.74) is 1.07. The summed E-state index contributed by atoms with van der Waals surface area (Å²) in [6.07, 6.45) is 7.27. The lowest BCUT2D eigenvalue weighted by Gasteiger charge is -2.19. The number of benzene rings is 1. The first kappa shape index (κ1) is 13.8. The highest BCUT2D eigenvalue weighted by molar-refractivity contribution is 6.30. The lowest BCUT2D eigenvalue weighted by atomic mass is 9.91. The average Bonchev–Trinajstić information content (AvgIpc) is 2.59. The molecule has 2 atom stereocenters. The zero-order valence-corrected chi connectivity index (χ0v) is 11.6. The van der Waals surface area contributed by atoms with E-state index in [0.717, 1.165) is 12.0 Å². The Morgan fingerprint density at radius 3 is 2.83 bits per heavy atom. The van der Waals surface area contributed by atoms with Gasteiger partial charge in [-0.3, -0.25) is 0 Å². The first-order valence-corrected chi connectivity index (χ1v) is 7.18. The van der Waals surface area contributed by atoms with E-state index in [1.54, 1.807) is 12.1 Å². The van der Waals surface area contributed by atoms with Gasteiger partial charge in [-0.25, -0.2) is 4.39 Å². The van der Waals surface area contributed by atoms with Gasteiger partial charge in [0, 0.05) is 6.04 Å². The Kier molecular flexibility index (Phi) is 5.02. The Morgan fingerprint density at radius 2 is 2.11 bits per heavy atom. The van der Waals surface area contributed by atoms with Crippen LogP contribution in [0.2, 0.25) is 5.02 Å². The fourth-order valence-corrected chi connectivity index (χ4v) is 3.03. The minimum Gasteiger partial charge on any atom is -0.317 e. The third kappa shape index (κ3) is 3.69. The van der Waals surface area contributed by atoms with Gasteiger partial charge in [0.05, 0.1) is 5.02 Å². The summed E-state index contributed by atoms with van der Waals surface area (Å²) in [6.45, 7) is 0. The molecule has 18 heavy (non-hydrogen) atoms. The largest absolute Gasteiger partial charge is 0.317 e. The van der Waals surface area contributed by atoms with Crippen LogP contribution in [0.4, 0.5) is 4.39 Å². The van der Waals surface area contributed by atoms with Gasteiger partial charge < -0.3 is 5.32 Å². The Balaban J connectivity index is 2.00. The summed E-state index contributed by atoms with van der Waals surface area (Å²) in [5, 5.41) is 3.60. The number of nitrogens with one attached hydrogen (secondary N) is 1. The van der Waals surface area contributed by atoms with Crippen LogP contribution in [0.1, 0.15) is 37.7 Å². The van der Waals surface area contributed by atoms with Crippen molar-refractivity contribution in [1.82, 2.24) is 5.32 Å². The van der Waals surface area contributed by atoms with Gasteiger partial charge in [0.2, 0.25) is 0 Å². The molecule has 1 aromatic rings. The Morgan fingerprint density at radius 1 is 1.33 bits per heavy atom. The third-order valence-electron chi connectivity index (χ3n) is 3.95. The van der Waals surface area contributed by atoms with Crippen molar-refractivity contribution in [1.29, 1.82) is 0 Å². The standard InChI is InChI=1S/C15H21ClFN/c1-18-13-5-3-2-4-11(9-13)8-12-6-7-14(16)15(17)10-12/h6-7,10-11,13,18H,2-5,8-9H2,1H3. The Bertz CT molecular complexity index is 394. The fraction of sp³-hybridized carbons (Fsp3) is 0.600. The molecule has 0 radical (unpaired) electrons. The van der Waals surface area contributed by atoms with Crippen LogP contribution in [0.5, 0.6) is 0 Å². The van der Waals surface area contributed by atoms with Crippen molar-refractivity contribution in [3.05, 3.63) is 34.6 Å². The highest BCUT2D eigenvalue weighted by atomic mass is 35.5. The molecule has 0 aliphatic heterocycles. The average molecular weight is 270 g/mol. The molecule has 1 aromatic carbocycles. The van der Waals surface area contributed by atoms with Crippen molar-refractivity contribution in [2.45, 2.75) is 44.6 Å². The Labute approximate surface area is 114 Å². The number of rotatable bonds is 3. The lowest BCUT2D eigenvalue weighted by Crippen LogP contribution is -2.26. The van der Waals surface area contributed by atoms with Crippen LogP contribution in [0.3, 0.4) is 0 Å². The summed E-state index contributed by atoms with van der Waals surface area (Å²) in [5.74, 6) is 0.360. The zero-order chi connectivity index (χ0) is 13.0. The summed E-state index contributed by atoms with van der Waals surface area (Å²) < 4.78 is 13.4. The van der Waals surface area contributed by atoms with E-state index in [1.165, 1.54) is 32.1 Å². The molecule has 1 aliphatic rings. The van der Waals surface area contributed by atoms with Crippen molar-refractivity contribution >= 4 is 11.6 Å². The molecule has 2 rings (SSSR count). The van der Waals surface area contributed by atoms with E-state index >= 15 is 0 Å². The second-order valence-corrected chi connectivity index (χ2v) is 5.73. The van der Waals surface area contributed by atoms with Gasteiger partial charge in [-0.15, -0.1) is 0 Å². The lowest BCUT2D eigenvalue weighted by molar-refractivity contribution is 0.400. The maximum atomic E-state index is 13.4. The quantitative estimate of drug-likeness (QED) is 0.812. The molecule has 3 heteroatoms. The molecule has 1 aliphatic carbocycles. The van der Waals surface area contributed by atoms with Gasteiger partial charge in [-0.1, -0.05) is 36.9 Å². The van der Waals surface area contributed by atoms with Crippen molar-refractivity contribution in [3.8, 4) is 0 Å². The van der Waals surface area contributed by atoms with Crippen LogP contribution in [-0.2, 0) is 6.42 Å². The molecule has 2 unspecified atom stereocenters. The van der Waals surface area contributed by atoms with Crippen LogP contribution in [0.25, 0.3) is 0 Å². The van der Waals surface area contributed by atoms with Crippen molar-refractivity contribution < 1.29 is 4.39 Å². The van der Waals surface area contributed by atoms with Crippen LogP contribution >= 0.6 is 11.6 Å². The summed E-state index contributed by atoms with van der Waals surface area (Å²) >= 11 is 5.71. The minimum absolute atomic E-state index is 0.215. The van der Waals surface area contributed by atoms with Crippen LogP contribution < -0.4 is 5.32 Å². The number of hydrogen-bond donors (Lipinski definition) is 1. The van der Waals surface area contributed by atoms with Gasteiger partial charge in [0.25, 0.3) is 0 Å². The highest BCUT2D eigenvalue weighted by Crippen LogP contribution is 2.27. The van der Waals surface area contributed by atoms with Crippen LogP contribution in [-0.4, -0.2) is 13.1 Å². The minimum atomic E-state index is -0.298. The van der Waals surface area contributed by atoms with E-state index in [0.29, 0.717) is 12.0 Å². The number of hydrogen-bond acceptors (Lipinski definition) is 1. The van der Waals surface area contributed by atoms with Crippen molar-refractivity contribution in [3.63, 3.8) is 0 Å². The predicted octanol–water partition coefficient (Wildman–Crippen LogP) is 4.19. The molecular weight excluding hydrogens is 249 g/mol. The van der Waals surface area contributed by atoms with Crippen molar-refractivity contribution in [2.24, 2.45) is 5.92 Å². The second-order valence-electron chi connectivity index (χ2n) is 5.32. The summed E-state index contributed by atoms with van der Waals surface area (Å²) in [6, 6.07) is 5.82. The molecule has 1 nitrogen and oxygen atoms in total. The monoisotopic (exact) mass is 269 g/mol. The zero-order valence-electron chi connectivity index (χ0n) is 10.9. The maximum Gasteiger partial charge on any atom is 0.142 e. The number of halogens is 2. The third-order valence-corrected chi connectivity index (χ3v) is 4.26.